The van der Waals surface area contributed by atoms with Gasteiger partial charge in [-0.05, 0) is 125 Å². The summed E-state index contributed by atoms with van der Waals surface area (Å²) in [6.45, 7) is 6.78. The maximum absolute atomic E-state index is 5.36. The van der Waals surface area contributed by atoms with Crippen LogP contribution in [0.5, 0.6) is 0 Å². The van der Waals surface area contributed by atoms with Crippen LogP contribution in [0.4, 0.5) is 0 Å². The quantitative estimate of drug-likeness (QED) is 0.137. The topological polar surface area (TPSA) is 12.9 Å². The Morgan fingerprint density at radius 2 is 1.29 bits per heavy atom. The van der Waals surface area contributed by atoms with Crippen molar-refractivity contribution in [2.45, 2.75) is 19.8 Å². The predicted octanol–water partition coefficient (Wildman–Crippen LogP) is 13.7. The molecule has 0 atom stereocenters. The lowest BCUT2D eigenvalue weighted by Gasteiger charge is -2.17. The van der Waals surface area contributed by atoms with Crippen molar-refractivity contribution < 1.29 is 0 Å². The van der Waals surface area contributed by atoms with Crippen LogP contribution in [0.25, 0.3) is 93.7 Å². The molecule has 1 aliphatic carbocycles. The van der Waals surface area contributed by atoms with Crippen LogP contribution in [0.1, 0.15) is 34.2 Å². The average Bonchev–Trinajstić information content (AvgIpc) is 3.19. The van der Waals surface area contributed by atoms with Crippen LogP contribution >= 0.6 is 0 Å². The minimum atomic E-state index is 0.988. The van der Waals surface area contributed by atoms with Crippen LogP contribution in [0.2, 0.25) is 0 Å². The Balaban J connectivity index is 1.07. The molecule has 0 aliphatic heterocycles. The maximum Gasteiger partial charge on any atom is 0.0744 e. The number of aryl methyl sites for hydroxylation is 2. The molecule has 0 N–H and O–H groups in total. The van der Waals surface area contributed by atoms with Crippen molar-refractivity contribution in [2.75, 3.05) is 0 Å². The Hall–Kier alpha value is -6.31. The van der Waals surface area contributed by atoms with Crippen molar-refractivity contribution in [3.63, 3.8) is 0 Å². The molecule has 1 aliphatic rings. The number of pyridine rings is 1. The molecular formula is C50H35N. The smallest absolute Gasteiger partial charge is 0.0744 e. The van der Waals surface area contributed by atoms with E-state index < -0.39 is 0 Å². The molecule has 0 saturated carbocycles. The molecule has 8 aromatic carbocycles. The highest BCUT2D eigenvalue weighted by Crippen LogP contribution is 2.40. The van der Waals surface area contributed by atoms with Crippen LogP contribution in [0, 0.1) is 6.92 Å². The van der Waals surface area contributed by atoms with Gasteiger partial charge in [0.1, 0.15) is 0 Å². The van der Waals surface area contributed by atoms with Gasteiger partial charge in [-0.2, -0.15) is 0 Å². The molecule has 10 rings (SSSR count). The van der Waals surface area contributed by atoms with E-state index in [1.165, 1.54) is 70.6 Å². The second-order valence-electron chi connectivity index (χ2n) is 13.9. The van der Waals surface area contributed by atoms with Gasteiger partial charge >= 0.3 is 0 Å². The van der Waals surface area contributed by atoms with Gasteiger partial charge in [-0.15, -0.1) is 0 Å². The third kappa shape index (κ3) is 4.73. The number of fused-ring (bicyclic) bond motifs is 11. The van der Waals surface area contributed by atoms with Gasteiger partial charge in [0.2, 0.25) is 0 Å². The number of benzene rings is 8. The number of rotatable bonds is 4. The van der Waals surface area contributed by atoms with E-state index in [1.54, 1.807) is 0 Å². The Kier molecular flexibility index (Phi) is 6.76. The second kappa shape index (κ2) is 11.6. The van der Waals surface area contributed by atoms with E-state index in [-0.39, 0.29) is 0 Å². The Bertz CT molecular complexity index is 2990. The van der Waals surface area contributed by atoms with E-state index in [0.29, 0.717) is 0 Å². The summed E-state index contributed by atoms with van der Waals surface area (Å²) in [5, 5.41) is 13.8. The molecule has 0 unspecified atom stereocenters. The Morgan fingerprint density at radius 3 is 2.16 bits per heavy atom. The van der Waals surface area contributed by atoms with E-state index in [2.05, 4.69) is 171 Å². The lowest BCUT2D eigenvalue weighted by atomic mass is 9.87. The van der Waals surface area contributed by atoms with Crippen LogP contribution < -0.4 is 0 Å². The molecule has 1 nitrogen and oxygen atoms in total. The Morgan fingerprint density at radius 1 is 0.627 bits per heavy atom. The lowest BCUT2D eigenvalue weighted by Crippen LogP contribution is -1.96. The fourth-order valence-electron chi connectivity index (χ4n) is 8.43. The van der Waals surface area contributed by atoms with Gasteiger partial charge in [0.05, 0.1) is 11.2 Å². The molecule has 0 saturated heterocycles. The molecule has 9 aromatic rings. The van der Waals surface area contributed by atoms with Gasteiger partial charge in [0.25, 0.3) is 0 Å². The molecule has 240 valence electrons. The van der Waals surface area contributed by atoms with Gasteiger partial charge in [-0.25, -0.2) is 4.98 Å². The summed E-state index contributed by atoms with van der Waals surface area (Å²) < 4.78 is 0. The first kappa shape index (κ1) is 29.6. The minimum Gasteiger partial charge on any atom is -0.247 e. The third-order valence-corrected chi connectivity index (χ3v) is 11.0. The van der Waals surface area contributed by atoms with E-state index in [0.717, 1.165) is 51.7 Å². The summed E-state index contributed by atoms with van der Waals surface area (Å²) in [6, 6.07) is 48.7. The fourth-order valence-corrected chi connectivity index (χ4v) is 8.43. The first-order valence-corrected chi connectivity index (χ1v) is 17.9. The summed E-state index contributed by atoms with van der Waals surface area (Å²) >= 11 is 0. The zero-order chi connectivity index (χ0) is 34.1. The zero-order valence-corrected chi connectivity index (χ0v) is 28.6. The highest BCUT2D eigenvalue weighted by molar-refractivity contribution is 6.23. The van der Waals surface area contributed by atoms with Crippen molar-refractivity contribution in [3.05, 3.63) is 180 Å². The standard InChI is InChI=1S/C50H35N/c1-31(45-29-37-25-22-34-11-3-5-13-39(34)48(37)43-17-9-7-15-41(43)45)19-20-33-21-24-36-27-28-47(51-50(36)32(33)2)46-30-38-26-23-35-12-4-6-14-40(35)49(38)44-18-10-8-16-42(44)46/h4-10,12-30H,1,3,11H2,2H3/b20-19-. The number of aromatic nitrogens is 1. The Labute approximate surface area is 297 Å². The molecule has 51 heavy (non-hydrogen) atoms. The number of allylic oxidation sites excluding steroid dienone is 3. The molecule has 0 bridgehead atoms. The minimum absolute atomic E-state index is 0.988. The lowest BCUT2D eigenvalue weighted by molar-refractivity contribution is 0.990. The summed E-state index contributed by atoms with van der Waals surface area (Å²) in [4.78, 5) is 5.36. The number of hydrogen-bond acceptors (Lipinski definition) is 1. The monoisotopic (exact) mass is 649 g/mol. The first-order chi connectivity index (χ1) is 25.1. The van der Waals surface area contributed by atoms with Crippen molar-refractivity contribution in [1.29, 1.82) is 0 Å². The molecule has 1 heterocycles. The first-order valence-electron chi connectivity index (χ1n) is 17.9. The SMILES string of the molecule is C=C(/C=C\c1ccc2ccc(-c3cc4ccc5ccccc5c4c4ccccc34)nc2c1C)c1cc2ccc3c(c2c2ccccc12)C=CCC3. The van der Waals surface area contributed by atoms with Crippen molar-refractivity contribution >= 4 is 82.5 Å². The third-order valence-electron chi connectivity index (χ3n) is 11.0. The highest BCUT2D eigenvalue weighted by atomic mass is 14.7. The predicted molar refractivity (Wildman–Crippen MR) is 221 cm³/mol. The molecule has 0 spiro atoms. The molecule has 0 amide bonds. The molecular weight excluding hydrogens is 615 g/mol. The summed E-state index contributed by atoms with van der Waals surface area (Å²) in [6.07, 6.45) is 11.2. The van der Waals surface area contributed by atoms with E-state index >= 15 is 0 Å². The fraction of sp³-hybridized carbons (Fsp3) is 0.0600. The molecule has 0 radical (unpaired) electrons. The molecule has 0 fully saturated rings. The van der Waals surface area contributed by atoms with Gasteiger partial charge < -0.3 is 0 Å². The largest absolute Gasteiger partial charge is 0.247 e. The summed E-state index contributed by atoms with van der Waals surface area (Å²) in [7, 11) is 0. The molecule has 1 heteroatoms. The van der Waals surface area contributed by atoms with Gasteiger partial charge in [-0.1, -0.05) is 146 Å². The maximum atomic E-state index is 5.36. The van der Waals surface area contributed by atoms with Crippen LogP contribution in [0.15, 0.2) is 152 Å². The normalized spacial score (nSPS) is 13.0. The van der Waals surface area contributed by atoms with Crippen molar-refractivity contribution in [1.82, 2.24) is 4.98 Å². The van der Waals surface area contributed by atoms with E-state index in [1.807, 2.05) is 0 Å². The molecule has 1 aromatic heterocycles. The number of hydrogen-bond donors (Lipinski definition) is 0. The van der Waals surface area contributed by atoms with Crippen LogP contribution in [0.3, 0.4) is 0 Å². The van der Waals surface area contributed by atoms with E-state index in [4.69, 9.17) is 4.98 Å². The number of nitrogens with zero attached hydrogens (tertiary/aromatic N) is 1. The van der Waals surface area contributed by atoms with Gasteiger partial charge in [0.15, 0.2) is 0 Å². The van der Waals surface area contributed by atoms with Gasteiger partial charge in [-0.3, -0.25) is 0 Å². The highest BCUT2D eigenvalue weighted by Gasteiger charge is 2.16. The average molecular weight is 650 g/mol. The summed E-state index contributed by atoms with van der Waals surface area (Å²) in [5.74, 6) is 0. The van der Waals surface area contributed by atoms with Crippen LogP contribution in [-0.2, 0) is 6.42 Å². The summed E-state index contributed by atoms with van der Waals surface area (Å²) in [5.41, 5.74) is 10.5. The van der Waals surface area contributed by atoms with Crippen LogP contribution in [-0.4, -0.2) is 4.98 Å². The van der Waals surface area contributed by atoms with E-state index in [9.17, 15) is 0 Å². The second-order valence-corrected chi connectivity index (χ2v) is 13.9. The van der Waals surface area contributed by atoms with Crippen molar-refractivity contribution in [2.24, 2.45) is 0 Å². The van der Waals surface area contributed by atoms with Gasteiger partial charge in [0, 0.05) is 10.9 Å². The van der Waals surface area contributed by atoms with Crippen molar-refractivity contribution in [3.8, 4) is 11.3 Å². The zero-order valence-electron chi connectivity index (χ0n) is 28.6.